The molecule has 2 nitrogen and oxygen atoms in total. The monoisotopic (exact) mass is 507 g/mol. The molecular formula is C34H66O2. The van der Waals surface area contributed by atoms with E-state index in [1.54, 1.807) is 0 Å². The average Bonchev–Trinajstić information content (AvgIpc) is 2.99. The lowest BCUT2D eigenvalue weighted by atomic mass is 9.79. The molecule has 0 spiro atoms. The Morgan fingerprint density at radius 3 is 0.833 bits per heavy atom. The van der Waals surface area contributed by atoms with Crippen molar-refractivity contribution in [1.29, 1.82) is 0 Å². The van der Waals surface area contributed by atoms with Crippen LogP contribution in [-0.4, -0.2) is 11.1 Å². The third-order valence-electron chi connectivity index (χ3n) is 8.98. The first-order valence-electron chi connectivity index (χ1n) is 17.0. The largest absolute Gasteiger partial charge is 0.481 e. The molecule has 0 aromatic heterocycles. The van der Waals surface area contributed by atoms with Crippen LogP contribution in [0.15, 0.2) is 0 Å². The maximum absolute atomic E-state index is 10.8. The third kappa shape index (κ3) is 20.5. The molecule has 1 unspecified atom stereocenters. The standard InChI is InChI=1S/C10H18O2.4C6H12/c1-2-9(10(11)12)8-6-4-3-5-7-8;4*1-2-4-6-5-3-1/h8-9H,2-7H2,1H3,(H,11,12);4*1-6H2. The molecule has 5 fully saturated rings. The van der Waals surface area contributed by atoms with Gasteiger partial charge in [0.15, 0.2) is 0 Å². The highest BCUT2D eigenvalue weighted by Crippen LogP contribution is 2.31. The van der Waals surface area contributed by atoms with Gasteiger partial charge in [0.2, 0.25) is 0 Å². The normalized spacial score (nSPS) is 23.4. The molecule has 0 radical (unpaired) electrons. The minimum absolute atomic E-state index is 0.0784. The van der Waals surface area contributed by atoms with E-state index < -0.39 is 5.97 Å². The Bertz CT molecular complexity index is 344. The van der Waals surface area contributed by atoms with Crippen molar-refractivity contribution in [2.75, 3.05) is 0 Å². The van der Waals surface area contributed by atoms with Crippen molar-refractivity contribution < 1.29 is 9.90 Å². The molecule has 36 heavy (non-hydrogen) atoms. The second kappa shape index (κ2) is 26.1. The third-order valence-corrected chi connectivity index (χ3v) is 8.98. The second-order valence-corrected chi connectivity index (χ2v) is 12.2. The second-order valence-electron chi connectivity index (χ2n) is 12.2. The molecule has 0 bridgehead atoms. The molecule has 0 saturated heterocycles. The number of aliphatic carboxylic acids is 1. The van der Waals surface area contributed by atoms with Gasteiger partial charge in [-0.3, -0.25) is 4.79 Å². The SMILES string of the molecule is C1CCCCC1.C1CCCCC1.C1CCCCC1.C1CCCCC1.CCC(C(=O)O)C1CCCCC1. The van der Waals surface area contributed by atoms with E-state index in [-0.39, 0.29) is 5.92 Å². The lowest BCUT2D eigenvalue weighted by Crippen LogP contribution is -2.24. The summed E-state index contributed by atoms with van der Waals surface area (Å²) in [7, 11) is 0. The molecule has 0 aliphatic heterocycles. The van der Waals surface area contributed by atoms with Gasteiger partial charge in [-0.05, 0) is 25.2 Å². The van der Waals surface area contributed by atoms with Crippen molar-refractivity contribution in [2.45, 2.75) is 200 Å². The molecule has 1 N–H and O–H groups in total. The molecule has 0 amide bonds. The summed E-state index contributed by atoms with van der Waals surface area (Å²) >= 11 is 0. The summed E-state index contributed by atoms with van der Waals surface area (Å²) in [6.45, 7) is 1.98. The first-order chi connectivity index (χ1) is 17.8. The lowest BCUT2D eigenvalue weighted by molar-refractivity contribution is -0.144. The molecule has 5 rings (SSSR count). The van der Waals surface area contributed by atoms with Crippen molar-refractivity contribution in [3.05, 3.63) is 0 Å². The Balaban J connectivity index is 0.000000234. The number of rotatable bonds is 3. The summed E-state index contributed by atoms with van der Waals surface area (Å²) in [6.07, 6.45) is 42.8. The predicted molar refractivity (Wildman–Crippen MR) is 159 cm³/mol. The molecule has 0 aromatic carbocycles. The maximum atomic E-state index is 10.8. The van der Waals surface area contributed by atoms with Crippen molar-refractivity contribution in [2.24, 2.45) is 11.8 Å². The van der Waals surface area contributed by atoms with Gasteiger partial charge in [0, 0.05) is 0 Å². The summed E-state index contributed by atoms with van der Waals surface area (Å²) < 4.78 is 0. The molecule has 0 aromatic rings. The Morgan fingerprint density at radius 1 is 0.472 bits per heavy atom. The maximum Gasteiger partial charge on any atom is 0.306 e. The minimum atomic E-state index is -0.593. The zero-order chi connectivity index (χ0) is 25.9. The first kappa shape index (κ1) is 33.5. The highest BCUT2D eigenvalue weighted by atomic mass is 16.4. The van der Waals surface area contributed by atoms with Crippen LogP contribution in [0.2, 0.25) is 0 Å². The Kier molecular flexibility index (Phi) is 24.3. The van der Waals surface area contributed by atoms with Crippen LogP contribution in [0.4, 0.5) is 0 Å². The van der Waals surface area contributed by atoms with Crippen molar-refractivity contribution in [3.63, 3.8) is 0 Å². The van der Waals surface area contributed by atoms with Crippen molar-refractivity contribution >= 4 is 5.97 Å². The molecule has 0 heterocycles. The Hall–Kier alpha value is -0.530. The summed E-state index contributed by atoms with van der Waals surface area (Å²) in [5.74, 6) is -0.212. The first-order valence-corrected chi connectivity index (χ1v) is 17.0. The highest BCUT2D eigenvalue weighted by Gasteiger charge is 2.27. The van der Waals surface area contributed by atoms with E-state index in [9.17, 15) is 4.79 Å². The molecule has 214 valence electrons. The van der Waals surface area contributed by atoms with Gasteiger partial charge in [-0.2, -0.15) is 0 Å². The molecular weight excluding hydrogens is 440 g/mol. The van der Waals surface area contributed by atoms with Gasteiger partial charge < -0.3 is 5.11 Å². The van der Waals surface area contributed by atoms with E-state index in [1.165, 1.54) is 173 Å². The van der Waals surface area contributed by atoms with E-state index in [0.717, 1.165) is 19.3 Å². The quantitative estimate of drug-likeness (QED) is 0.413. The van der Waals surface area contributed by atoms with E-state index in [0.29, 0.717) is 5.92 Å². The fourth-order valence-electron chi connectivity index (χ4n) is 6.49. The fourth-order valence-corrected chi connectivity index (χ4v) is 6.49. The fraction of sp³-hybridized carbons (Fsp3) is 0.971. The number of hydrogen-bond acceptors (Lipinski definition) is 1. The van der Waals surface area contributed by atoms with E-state index in [2.05, 4.69) is 0 Å². The minimum Gasteiger partial charge on any atom is -0.481 e. The van der Waals surface area contributed by atoms with Crippen LogP contribution in [0.1, 0.15) is 200 Å². The van der Waals surface area contributed by atoms with Gasteiger partial charge in [0.1, 0.15) is 0 Å². The van der Waals surface area contributed by atoms with Gasteiger partial charge in [-0.15, -0.1) is 0 Å². The van der Waals surface area contributed by atoms with Gasteiger partial charge in [0.05, 0.1) is 5.92 Å². The number of carbonyl (C=O) groups is 1. The highest BCUT2D eigenvalue weighted by molar-refractivity contribution is 5.70. The van der Waals surface area contributed by atoms with E-state index in [1.807, 2.05) is 6.92 Å². The summed E-state index contributed by atoms with van der Waals surface area (Å²) in [6, 6.07) is 0. The van der Waals surface area contributed by atoms with E-state index in [4.69, 9.17) is 5.11 Å². The summed E-state index contributed by atoms with van der Waals surface area (Å²) in [4.78, 5) is 10.8. The van der Waals surface area contributed by atoms with Gasteiger partial charge in [-0.1, -0.05) is 180 Å². The van der Waals surface area contributed by atoms with Crippen LogP contribution in [0.3, 0.4) is 0 Å². The van der Waals surface area contributed by atoms with E-state index >= 15 is 0 Å². The Labute approximate surface area is 227 Å². The van der Waals surface area contributed by atoms with Crippen LogP contribution in [-0.2, 0) is 4.79 Å². The van der Waals surface area contributed by atoms with Crippen LogP contribution in [0.25, 0.3) is 0 Å². The predicted octanol–water partition coefficient (Wildman–Crippen LogP) is 12.0. The molecule has 1 atom stereocenters. The average molecular weight is 507 g/mol. The van der Waals surface area contributed by atoms with Crippen LogP contribution in [0.5, 0.6) is 0 Å². The molecule has 5 aliphatic rings. The number of carboxylic acids is 1. The Morgan fingerprint density at radius 2 is 0.667 bits per heavy atom. The van der Waals surface area contributed by atoms with Gasteiger partial charge >= 0.3 is 5.97 Å². The van der Waals surface area contributed by atoms with Crippen LogP contribution in [0, 0.1) is 11.8 Å². The van der Waals surface area contributed by atoms with Gasteiger partial charge in [-0.25, -0.2) is 0 Å². The molecule has 2 heteroatoms. The number of carboxylic acid groups (broad SMARTS) is 1. The smallest absolute Gasteiger partial charge is 0.306 e. The molecule has 5 aliphatic carbocycles. The summed E-state index contributed by atoms with van der Waals surface area (Å²) in [5, 5.41) is 8.93. The molecule has 5 saturated carbocycles. The zero-order valence-corrected chi connectivity index (χ0v) is 24.7. The van der Waals surface area contributed by atoms with Crippen molar-refractivity contribution in [3.8, 4) is 0 Å². The zero-order valence-electron chi connectivity index (χ0n) is 24.7. The topological polar surface area (TPSA) is 37.3 Å². The number of hydrogen-bond donors (Lipinski definition) is 1. The van der Waals surface area contributed by atoms with Crippen LogP contribution >= 0.6 is 0 Å². The lowest BCUT2D eigenvalue weighted by Gasteiger charge is -2.26. The van der Waals surface area contributed by atoms with Crippen LogP contribution < -0.4 is 0 Å². The summed E-state index contributed by atoms with van der Waals surface area (Å²) in [5.41, 5.74) is 0. The van der Waals surface area contributed by atoms with Crippen molar-refractivity contribution in [1.82, 2.24) is 0 Å². The van der Waals surface area contributed by atoms with Gasteiger partial charge in [0.25, 0.3) is 0 Å².